The lowest BCUT2D eigenvalue weighted by molar-refractivity contribution is -0.150. The van der Waals surface area contributed by atoms with Gasteiger partial charge in [0.2, 0.25) is 0 Å². The van der Waals surface area contributed by atoms with E-state index in [9.17, 15) is 15.0 Å². The second-order valence-corrected chi connectivity index (χ2v) is 9.48. The summed E-state index contributed by atoms with van der Waals surface area (Å²) < 4.78 is 23.4. The second-order valence-electron chi connectivity index (χ2n) is 9.48. The molecule has 2 aromatic heterocycles. The zero-order chi connectivity index (χ0) is 27.8. The molecule has 1 saturated heterocycles. The maximum Gasteiger partial charge on any atom is 0.305 e. The number of carbonyl (C=O) groups excluding carboxylic acids is 1. The molecule has 0 spiro atoms. The molecule has 0 unspecified atom stereocenters. The quantitative estimate of drug-likeness (QED) is 0.203. The number of rotatable bonds is 14. The molecule has 1 aliphatic heterocycles. The Bertz CT molecular complexity index is 1240. The Labute approximate surface area is 227 Å². The van der Waals surface area contributed by atoms with E-state index in [1.165, 1.54) is 12.7 Å². The first-order valence-corrected chi connectivity index (χ1v) is 13.3. The monoisotopic (exact) mass is 543 g/mol. The van der Waals surface area contributed by atoms with E-state index < -0.39 is 24.5 Å². The SMILES string of the molecule is CCCCCCCC(=O)OC[C@H]1O[C@@H](n2cnc3c(NCc4ccc(OC)c(OC)c4)ncnc32)[C@H](O)[C@@H]1O. The number of imidazole rings is 1. The Balaban J connectivity index is 1.38. The molecule has 3 N–H and O–H groups in total. The molecule has 212 valence electrons. The third-order valence-electron chi connectivity index (χ3n) is 6.77. The Morgan fingerprint density at radius 3 is 2.62 bits per heavy atom. The van der Waals surface area contributed by atoms with Gasteiger partial charge in [0.05, 0.1) is 20.5 Å². The number of hydrogen-bond donors (Lipinski definition) is 3. The molecule has 1 aromatic carbocycles. The summed E-state index contributed by atoms with van der Waals surface area (Å²) >= 11 is 0. The van der Waals surface area contributed by atoms with Crippen LogP contribution in [0, 0.1) is 0 Å². The van der Waals surface area contributed by atoms with Gasteiger partial charge in [0.15, 0.2) is 34.7 Å². The maximum atomic E-state index is 12.1. The van der Waals surface area contributed by atoms with Gasteiger partial charge >= 0.3 is 5.97 Å². The van der Waals surface area contributed by atoms with E-state index in [-0.39, 0.29) is 12.6 Å². The highest BCUT2D eigenvalue weighted by Gasteiger charge is 2.45. The molecule has 12 nitrogen and oxygen atoms in total. The number of ether oxygens (including phenoxy) is 4. The third-order valence-corrected chi connectivity index (χ3v) is 6.77. The number of hydrogen-bond acceptors (Lipinski definition) is 11. The summed E-state index contributed by atoms with van der Waals surface area (Å²) in [6, 6.07) is 5.60. The number of esters is 1. The van der Waals surface area contributed by atoms with Crippen molar-refractivity contribution < 1.29 is 34.0 Å². The number of aliphatic hydroxyl groups is 2. The van der Waals surface area contributed by atoms with Crippen LogP contribution in [0.4, 0.5) is 5.82 Å². The lowest BCUT2D eigenvalue weighted by Gasteiger charge is -2.16. The van der Waals surface area contributed by atoms with Gasteiger partial charge in [-0.2, -0.15) is 0 Å². The van der Waals surface area contributed by atoms with Crippen LogP contribution in [0.5, 0.6) is 11.5 Å². The Kier molecular flexibility index (Phi) is 9.90. The van der Waals surface area contributed by atoms with Crippen LogP contribution < -0.4 is 14.8 Å². The van der Waals surface area contributed by atoms with E-state index in [4.69, 9.17) is 18.9 Å². The van der Waals surface area contributed by atoms with Crippen molar-refractivity contribution in [2.75, 3.05) is 26.1 Å². The number of nitrogens with zero attached hydrogens (tertiary/aromatic N) is 4. The van der Waals surface area contributed by atoms with Crippen LogP contribution in [0.3, 0.4) is 0 Å². The number of unbranched alkanes of at least 4 members (excludes halogenated alkanes) is 4. The second kappa shape index (κ2) is 13.5. The van der Waals surface area contributed by atoms with Crippen LogP contribution in [-0.2, 0) is 20.8 Å². The third kappa shape index (κ3) is 6.75. The summed E-state index contributed by atoms with van der Waals surface area (Å²) in [5, 5.41) is 24.5. The summed E-state index contributed by atoms with van der Waals surface area (Å²) in [4.78, 5) is 25.2. The van der Waals surface area contributed by atoms with Crippen molar-refractivity contribution in [2.24, 2.45) is 0 Å². The van der Waals surface area contributed by atoms with E-state index in [2.05, 4.69) is 27.2 Å². The van der Waals surface area contributed by atoms with Gasteiger partial charge in [-0.3, -0.25) is 9.36 Å². The van der Waals surface area contributed by atoms with E-state index in [1.807, 2.05) is 18.2 Å². The number of methoxy groups -OCH3 is 2. The lowest BCUT2D eigenvalue weighted by Crippen LogP contribution is -2.34. The molecule has 0 radical (unpaired) electrons. The zero-order valence-electron chi connectivity index (χ0n) is 22.6. The zero-order valence-corrected chi connectivity index (χ0v) is 22.6. The number of aliphatic hydroxyl groups excluding tert-OH is 2. The molecule has 0 aliphatic carbocycles. The summed E-state index contributed by atoms with van der Waals surface area (Å²) in [5.41, 5.74) is 1.83. The summed E-state index contributed by atoms with van der Waals surface area (Å²) in [6.07, 6.45) is 3.97. The van der Waals surface area contributed by atoms with Crippen LogP contribution in [-0.4, -0.2) is 74.8 Å². The van der Waals surface area contributed by atoms with Gasteiger partial charge in [-0.1, -0.05) is 38.7 Å². The van der Waals surface area contributed by atoms with Crippen LogP contribution in [0.2, 0.25) is 0 Å². The molecule has 0 bridgehead atoms. The van der Waals surface area contributed by atoms with Crippen molar-refractivity contribution >= 4 is 23.0 Å². The minimum absolute atomic E-state index is 0.151. The molecule has 3 heterocycles. The highest BCUT2D eigenvalue weighted by Crippen LogP contribution is 2.33. The molecule has 3 aromatic rings. The molecule has 1 aliphatic rings. The fraction of sp³-hybridized carbons (Fsp3) is 0.556. The first kappa shape index (κ1) is 28.5. The topological polar surface area (TPSA) is 150 Å². The minimum atomic E-state index is -1.27. The Morgan fingerprint density at radius 1 is 1.05 bits per heavy atom. The van der Waals surface area contributed by atoms with Crippen molar-refractivity contribution in [2.45, 2.75) is 76.5 Å². The van der Waals surface area contributed by atoms with E-state index in [0.717, 1.165) is 37.7 Å². The van der Waals surface area contributed by atoms with Crippen molar-refractivity contribution in [1.29, 1.82) is 0 Å². The van der Waals surface area contributed by atoms with Crippen LogP contribution >= 0.6 is 0 Å². The molecule has 12 heteroatoms. The predicted octanol–water partition coefficient (Wildman–Crippen LogP) is 2.98. The highest BCUT2D eigenvalue weighted by atomic mass is 16.6. The number of anilines is 1. The van der Waals surface area contributed by atoms with Gasteiger partial charge in [-0.05, 0) is 24.1 Å². The minimum Gasteiger partial charge on any atom is -0.493 e. The number of fused-ring (bicyclic) bond motifs is 1. The Hall–Kier alpha value is -3.48. The van der Waals surface area contributed by atoms with Crippen molar-refractivity contribution in [3.8, 4) is 11.5 Å². The van der Waals surface area contributed by atoms with E-state index in [1.54, 1.807) is 18.8 Å². The standard InChI is InChI=1S/C27H37N5O7/c1-4-5-6-7-8-9-21(33)38-14-20-23(34)24(35)27(39-20)32-16-31-22-25(29-15-30-26(22)32)28-13-17-10-11-18(36-2)19(12-17)37-3/h10-12,15-16,20,23-24,27,34-35H,4-9,13-14H2,1-3H3,(H,28,29,30)/t20-,23-,24-,27-/m1/s1. The average Bonchev–Trinajstić information content (AvgIpc) is 3.51. The molecule has 4 rings (SSSR count). The van der Waals surface area contributed by atoms with Crippen molar-refractivity contribution in [1.82, 2.24) is 19.5 Å². The van der Waals surface area contributed by atoms with Gasteiger partial charge in [-0.25, -0.2) is 15.0 Å². The maximum absolute atomic E-state index is 12.1. The number of aromatic nitrogens is 4. The molecule has 0 amide bonds. The lowest BCUT2D eigenvalue weighted by atomic mass is 10.1. The van der Waals surface area contributed by atoms with Gasteiger partial charge in [0, 0.05) is 13.0 Å². The van der Waals surface area contributed by atoms with Crippen LogP contribution in [0.25, 0.3) is 11.2 Å². The van der Waals surface area contributed by atoms with E-state index >= 15 is 0 Å². The predicted molar refractivity (Wildman–Crippen MR) is 142 cm³/mol. The molecule has 0 saturated carbocycles. The molecule has 4 atom stereocenters. The fourth-order valence-electron chi connectivity index (χ4n) is 4.56. The fourth-order valence-corrected chi connectivity index (χ4v) is 4.56. The Morgan fingerprint density at radius 2 is 1.85 bits per heavy atom. The van der Waals surface area contributed by atoms with Gasteiger partial charge in [-0.15, -0.1) is 0 Å². The summed E-state index contributed by atoms with van der Waals surface area (Å²) in [6.45, 7) is 2.43. The first-order valence-electron chi connectivity index (χ1n) is 13.3. The number of carbonyl (C=O) groups is 1. The van der Waals surface area contributed by atoms with Crippen LogP contribution in [0.1, 0.15) is 57.2 Å². The first-order chi connectivity index (χ1) is 19.0. The highest BCUT2D eigenvalue weighted by molar-refractivity contribution is 5.82. The number of benzene rings is 1. The van der Waals surface area contributed by atoms with Gasteiger partial charge in [0.1, 0.15) is 31.2 Å². The summed E-state index contributed by atoms with van der Waals surface area (Å²) in [5.74, 6) is 1.40. The summed E-state index contributed by atoms with van der Waals surface area (Å²) in [7, 11) is 3.16. The normalized spacial score (nSPS) is 20.7. The van der Waals surface area contributed by atoms with Crippen molar-refractivity contribution in [3.63, 3.8) is 0 Å². The average molecular weight is 544 g/mol. The molecular weight excluding hydrogens is 506 g/mol. The van der Waals surface area contributed by atoms with Gasteiger partial charge < -0.3 is 34.5 Å². The van der Waals surface area contributed by atoms with Gasteiger partial charge in [0.25, 0.3) is 0 Å². The van der Waals surface area contributed by atoms with Crippen molar-refractivity contribution in [3.05, 3.63) is 36.4 Å². The molecule has 1 fully saturated rings. The number of nitrogens with one attached hydrogen (secondary N) is 1. The van der Waals surface area contributed by atoms with Crippen LogP contribution in [0.15, 0.2) is 30.9 Å². The smallest absolute Gasteiger partial charge is 0.305 e. The molecule has 39 heavy (non-hydrogen) atoms. The van der Waals surface area contributed by atoms with E-state index in [0.29, 0.717) is 41.4 Å². The largest absolute Gasteiger partial charge is 0.493 e. The molecular formula is C27H37N5O7.